The molecule has 0 saturated heterocycles. The van der Waals surface area contributed by atoms with Crippen molar-refractivity contribution in [1.82, 2.24) is 30.7 Å². The predicted molar refractivity (Wildman–Crippen MR) is 178 cm³/mol. The molecule has 1 aliphatic rings. The van der Waals surface area contributed by atoms with E-state index in [0.29, 0.717) is 37.1 Å². The van der Waals surface area contributed by atoms with Crippen LogP contribution >= 0.6 is 0 Å². The summed E-state index contributed by atoms with van der Waals surface area (Å²) in [5, 5.41) is 22.5. The molecule has 0 atom stereocenters. The average molecular weight is 643 g/mol. The van der Waals surface area contributed by atoms with E-state index in [1.54, 1.807) is 23.9 Å². The maximum absolute atomic E-state index is 14.3. The fourth-order valence-corrected chi connectivity index (χ4v) is 5.71. The van der Waals surface area contributed by atoms with Crippen molar-refractivity contribution in [3.8, 4) is 22.8 Å². The van der Waals surface area contributed by atoms with Gasteiger partial charge in [-0.15, -0.1) is 0 Å². The van der Waals surface area contributed by atoms with E-state index in [-0.39, 0.29) is 36.0 Å². The van der Waals surface area contributed by atoms with Crippen LogP contribution in [0.15, 0.2) is 66.9 Å². The molecule has 1 fully saturated rings. The Bertz CT molecular complexity index is 1630. The summed E-state index contributed by atoms with van der Waals surface area (Å²) in [4.78, 5) is 30.0. The Morgan fingerprint density at radius 1 is 0.936 bits per heavy atom. The van der Waals surface area contributed by atoms with Crippen LogP contribution in [0, 0.1) is 12.7 Å². The molecule has 0 aliphatic heterocycles. The number of halogens is 1. The van der Waals surface area contributed by atoms with Crippen molar-refractivity contribution < 1.29 is 23.8 Å². The molecule has 4 aromatic rings. The molecule has 11 heteroatoms. The lowest BCUT2D eigenvalue weighted by Gasteiger charge is -2.29. The minimum Gasteiger partial charge on any atom is -0.438 e. The minimum absolute atomic E-state index is 0.0127. The SMILES string of the molecule is Cc1cc(C(=O)N[C@H]2CC[C@H](NC(=O)c3cc(F)cnc3Oc3cccc(-c4ccc(CCCNCCCO)cc4)c3)CC2)nn1C. The number of hydrogen-bond donors (Lipinski definition) is 4. The normalized spacial score (nSPS) is 16.1. The lowest BCUT2D eigenvalue weighted by atomic mass is 9.91. The molecule has 2 heterocycles. The second-order valence-electron chi connectivity index (χ2n) is 12.1. The summed E-state index contributed by atoms with van der Waals surface area (Å²) in [6, 6.07) is 18.6. The Kier molecular flexibility index (Phi) is 11.7. The molecule has 2 amide bonds. The average Bonchev–Trinajstić information content (AvgIpc) is 3.42. The zero-order chi connectivity index (χ0) is 33.2. The third kappa shape index (κ3) is 9.46. The molecule has 0 bridgehead atoms. The van der Waals surface area contributed by atoms with Gasteiger partial charge in [0.15, 0.2) is 0 Å². The maximum atomic E-state index is 14.3. The number of aliphatic hydroxyl groups excluding tert-OH is 1. The van der Waals surface area contributed by atoms with E-state index >= 15 is 0 Å². The number of nitrogens with zero attached hydrogens (tertiary/aromatic N) is 3. The van der Waals surface area contributed by atoms with Gasteiger partial charge < -0.3 is 25.8 Å². The molecule has 0 radical (unpaired) electrons. The first-order valence-electron chi connectivity index (χ1n) is 16.3. The van der Waals surface area contributed by atoms with Crippen LogP contribution in [0.4, 0.5) is 4.39 Å². The van der Waals surface area contributed by atoms with Gasteiger partial charge in [-0.05, 0) is 106 Å². The highest BCUT2D eigenvalue weighted by Gasteiger charge is 2.26. The fraction of sp³-hybridized carbons (Fsp3) is 0.389. The van der Waals surface area contributed by atoms with Gasteiger partial charge in [-0.2, -0.15) is 5.10 Å². The molecular formula is C36H43FN6O4. The number of amides is 2. The number of aliphatic hydroxyl groups is 1. The van der Waals surface area contributed by atoms with Crippen LogP contribution in [-0.4, -0.2) is 63.5 Å². The maximum Gasteiger partial charge on any atom is 0.272 e. The van der Waals surface area contributed by atoms with Crippen LogP contribution in [0.2, 0.25) is 0 Å². The summed E-state index contributed by atoms with van der Waals surface area (Å²) < 4.78 is 22.0. The number of pyridine rings is 1. The Labute approximate surface area is 274 Å². The van der Waals surface area contributed by atoms with Gasteiger partial charge >= 0.3 is 0 Å². The molecule has 10 nitrogen and oxygen atoms in total. The lowest BCUT2D eigenvalue weighted by Crippen LogP contribution is -2.44. The highest BCUT2D eigenvalue weighted by atomic mass is 19.1. The third-order valence-electron chi connectivity index (χ3n) is 8.47. The Morgan fingerprint density at radius 2 is 1.64 bits per heavy atom. The molecule has 4 N–H and O–H groups in total. The summed E-state index contributed by atoms with van der Waals surface area (Å²) in [7, 11) is 1.80. The molecule has 2 aromatic heterocycles. The minimum atomic E-state index is -0.631. The largest absolute Gasteiger partial charge is 0.438 e. The number of aryl methyl sites for hydroxylation is 3. The van der Waals surface area contributed by atoms with Crippen molar-refractivity contribution in [2.24, 2.45) is 7.05 Å². The molecule has 1 saturated carbocycles. The number of benzene rings is 2. The molecular weight excluding hydrogens is 599 g/mol. The van der Waals surface area contributed by atoms with Gasteiger partial charge in [0.2, 0.25) is 5.88 Å². The van der Waals surface area contributed by atoms with Crippen LogP contribution in [0.1, 0.15) is 70.6 Å². The Balaban J connectivity index is 1.16. The number of hydrogen-bond acceptors (Lipinski definition) is 7. The standard InChI is InChI=1S/C36H43FN6O4/c1-24-20-33(42-43(24)2)35(46)41-30-15-13-29(14-16-30)40-34(45)32-22-28(37)23-39-36(32)47-31-8-3-7-27(21-31)26-11-9-25(10-12-26)6-4-17-38-18-5-19-44/h3,7-12,20-23,29-30,38,44H,4-6,13-19H2,1-2H3,(H,40,45)(H,41,46)/t29-,30-. The van der Waals surface area contributed by atoms with E-state index in [9.17, 15) is 14.0 Å². The van der Waals surface area contributed by atoms with Crippen LogP contribution in [0.25, 0.3) is 11.1 Å². The van der Waals surface area contributed by atoms with Crippen molar-refractivity contribution in [2.75, 3.05) is 19.7 Å². The summed E-state index contributed by atoms with van der Waals surface area (Å²) >= 11 is 0. The van der Waals surface area contributed by atoms with Gasteiger partial charge in [0, 0.05) is 31.4 Å². The Hall–Kier alpha value is -4.61. The molecule has 5 rings (SSSR count). The van der Waals surface area contributed by atoms with E-state index in [2.05, 4.69) is 50.3 Å². The van der Waals surface area contributed by atoms with Crippen molar-refractivity contribution in [2.45, 2.75) is 64.0 Å². The first kappa shape index (κ1) is 33.7. The van der Waals surface area contributed by atoms with E-state index < -0.39 is 11.7 Å². The summed E-state index contributed by atoms with van der Waals surface area (Å²) in [6.45, 7) is 3.83. The summed E-state index contributed by atoms with van der Waals surface area (Å²) in [5.41, 5.74) is 4.52. The molecule has 0 unspecified atom stereocenters. The molecule has 47 heavy (non-hydrogen) atoms. The number of ether oxygens (including phenoxy) is 1. The number of carbonyl (C=O) groups is 2. The number of rotatable bonds is 14. The smallest absolute Gasteiger partial charge is 0.272 e. The van der Waals surface area contributed by atoms with E-state index in [0.717, 1.165) is 61.4 Å². The molecule has 2 aromatic carbocycles. The number of carbonyl (C=O) groups excluding carboxylic acids is 2. The molecule has 248 valence electrons. The fourth-order valence-electron chi connectivity index (χ4n) is 5.71. The van der Waals surface area contributed by atoms with Crippen molar-refractivity contribution in [3.63, 3.8) is 0 Å². The monoisotopic (exact) mass is 642 g/mol. The van der Waals surface area contributed by atoms with Gasteiger partial charge in [0.05, 0.1) is 6.20 Å². The van der Waals surface area contributed by atoms with Gasteiger partial charge in [0.1, 0.15) is 22.8 Å². The van der Waals surface area contributed by atoms with Crippen LogP contribution in [0.5, 0.6) is 11.6 Å². The third-order valence-corrected chi connectivity index (χ3v) is 8.47. The molecule has 1 aliphatic carbocycles. The van der Waals surface area contributed by atoms with Crippen molar-refractivity contribution >= 4 is 11.8 Å². The second-order valence-corrected chi connectivity index (χ2v) is 12.1. The predicted octanol–water partition coefficient (Wildman–Crippen LogP) is 5.10. The van der Waals surface area contributed by atoms with E-state index in [1.807, 2.05) is 25.1 Å². The van der Waals surface area contributed by atoms with Crippen molar-refractivity contribution in [3.05, 3.63) is 95.2 Å². The zero-order valence-electron chi connectivity index (χ0n) is 27.0. The summed E-state index contributed by atoms with van der Waals surface area (Å²) in [5.74, 6) is -0.791. The first-order valence-corrected chi connectivity index (χ1v) is 16.3. The number of aromatic nitrogens is 3. The topological polar surface area (TPSA) is 130 Å². The van der Waals surface area contributed by atoms with Crippen LogP contribution in [0.3, 0.4) is 0 Å². The Morgan fingerprint density at radius 3 is 2.32 bits per heavy atom. The highest BCUT2D eigenvalue weighted by Crippen LogP contribution is 2.29. The van der Waals surface area contributed by atoms with Crippen LogP contribution < -0.4 is 20.7 Å². The first-order chi connectivity index (χ1) is 22.8. The van der Waals surface area contributed by atoms with E-state index in [1.165, 1.54) is 5.56 Å². The summed E-state index contributed by atoms with van der Waals surface area (Å²) in [6.07, 6.45) is 6.50. The molecule has 0 spiro atoms. The lowest BCUT2D eigenvalue weighted by molar-refractivity contribution is 0.0887. The second kappa shape index (κ2) is 16.3. The van der Waals surface area contributed by atoms with Gasteiger partial charge in [0.25, 0.3) is 11.8 Å². The highest BCUT2D eigenvalue weighted by molar-refractivity contribution is 5.96. The van der Waals surface area contributed by atoms with Crippen LogP contribution in [-0.2, 0) is 13.5 Å². The van der Waals surface area contributed by atoms with Gasteiger partial charge in [-0.1, -0.05) is 36.4 Å². The van der Waals surface area contributed by atoms with Crippen molar-refractivity contribution in [1.29, 1.82) is 0 Å². The van der Waals surface area contributed by atoms with E-state index in [4.69, 9.17) is 9.84 Å². The zero-order valence-corrected chi connectivity index (χ0v) is 27.0. The van der Waals surface area contributed by atoms with Gasteiger partial charge in [-0.25, -0.2) is 9.37 Å². The van der Waals surface area contributed by atoms with Gasteiger partial charge in [-0.3, -0.25) is 14.3 Å². The quantitative estimate of drug-likeness (QED) is 0.141. The number of nitrogens with one attached hydrogen (secondary N) is 3.